The molecule has 1 aromatic carbocycles. The molecular weight excluding hydrogens is 331 g/mol. The minimum atomic E-state index is -1.11. The number of carboxylic acids is 2. The predicted molar refractivity (Wildman–Crippen MR) is 72.3 cm³/mol. The van der Waals surface area contributed by atoms with Gasteiger partial charge in [0, 0.05) is 0 Å². The monoisotopic (exact) mass is 344 g/mol. The van der Waals surface area contributed by atoms with Crippen molar-refractivity contribution in [1.29, 1.82) is 0 Å². The van der Waals surface area contributed by atoms with Crippen molar-refractivity contribution in [2.24, 2.45) is 10.7 Å². The van der Waals surface area contributed by atoms with Gasteiger partial charge < -0.3 is 0 Å². The molecule has 0 bridgehead atoms. The summed E-state index contributed by atoms with van der Waals surface area (Å²) in [5.74, 6) is -2.32. The number of rotatable bonds is 4. The van der Waals surface area contributed by atoms with E-state index >= 15 is 0 Å². The van der Waals surface area contributed by atoms with Gasteiger partial charge in [0.05, 0.1) is 0 Å². The van der Waals surface area contributed by atoms with E-state index in [0.717, 1.165) is 4.46 Å². The molecular formula is C12H12N2O5Se. The number of nitrogens with zero attached hydrogens (tertiary/aromatic N) is 1. The van der Waals surface area contributed by atoms with E-state index in [-0.39, 0.29) is 38.5 Å². The Labute approximate surface area is 120 Å². The second-order valence-corrected chi connectivity index (χ2v) is 6.29. The topological polar surface area (TPSA) is 133 Å². The zero-order valence-corrected chi connectivity index (χ0v) is 12.0. The number of aliphatic carboxylic acids is 2. The van der Waals surface area contributed by atoms with Crippen LogP contribution in [0, 0.1) is 0 Å². The Balaban J connectivity index is 2.42. The van der Waals surface area contributed by atoms with Crippen molar-refractivity contribution in [3.05, 3.63) is 17.7 Å². The Morgan fingerprint density at radius 1 is 1.40 bits per heavy atom. The zero-order chi connectivity index (χ0) is 14.9. The number of benzene rings is 1. The van der Waals surface area contributed by atoms with E-state index in [4.69, 9.17) is 15.9 Å². The molecule has 2 rings (SSSR count). The van der Waals surface area contributed by atoms with Crippen LogP contribution in [0.3, 0.4) is 0 Å². The first-order valence-corrected chi connectivity index (χ1v) is 7.73. The maximum absolute atomic E-state index is 10.9. The van der Waals surface area contributed by atoms with E-state index in [1.807, 2.05) is 0 Å². The van der Waals surface area contributed by atoms with E-state index < -0.39 is 18.0 Å². The summed E-state index contributed by atoms with van der Waals surface area (Å²) in [6, 6.07) is 1.96. The first-order valence-electron chi connectivity index (χ1n) is 5.67. The first kappa shape index (κ1) is 14.5. The molecule has 5 N–H and O–H groups in total. The van der Waals surface area contributed by atoms with Gasteiger partial charge in [0.25, 0.3) is 0 Å². The molecule has 0 saturated carbocycles. The van der Waals surface area contributed by atoms with Crippen LogP contribution in [0.5, 0.6) is 5.75 Å². The maximum atomic E-state index is 10.9. The third kappa shape index (κ3) is 2.82. The minimum absolute atomic E-state index is 0.00693. The van der Waals surface area contributed by atoms with Crippen LogP contribution in [0.25, 0.3) is 0 Å². The van der Waals surface area contributed by atoms with Crippen molar-refractivity contribution < 1.29 is 24.9 Å². The van der Waals surface area contributed by atoms with Gasteiger partial charge in [-0.1, -0.05) is 0 Å². The number of phenols is 1. The Morgan fingerprint density at radius 3 is 2.70 bits per heavy atom. The number of aromatic hydroxyl groups is 1. The molecule has 0 radical (unpaired) electrons. The van der Waals surface area contributed by atoms with Crippen molar-refractivity contribution in [2.45, 2.75) is 17.8 Å². The van der Waals surface area contributed by atoms with E-state index in [0.29, 0.717) is 10.9 Å². The van der Waals surface area contributed by atoms with E-state index in [1.54, 1.807) is 6.07 Å². The van der Waals surface area contributed by atoms with E-state index in [2.05, 4.69) is 4.99 Å². The van der Waals surface area contributed by atoms with Gasteiger partial charge in [-0.2, -0.15) is 0 Å². The predicted octanol–water partition coefficient (Wildman–Crippen LogP) is -0.735. The van der Waals surface area contributed by atoms with Crippen LogP contribution in [0.4, 0.5) is 5.69 Å². The molecule has 7 nitrogen and oxygen atoms in total. The molecule has 0 unspecified atom stereocenters. The van der Waals surface area contributed by atoms with Gasteiger partial charge in [-0.15, -0.1) is 0 Å². The number of aliphatic imine (C=N–C) groups is 1. The van der Waals surface area contributed by atoms with Crippen LogP contribution in [0.2, 0.25) is 5.32 Å². The fourth-order valence-corrected chi connectivity index (χ4v) is 4.07. The molecule has 1 atom stereocenters. The molecule has 20 heavy (non-hydrogen) atoms. The van der Waals surface area contributed by atoms with Crippen molar-refractivity contribution in [3.63, 3.8) is 0 Å². The zero-order valence-electron chi connectivity index (χ0n) is 10.2. The summed E-state index contributed by atoms with van der Waals surface area (Å²) >= 11 is -0.225. The molecule has 1 aromatic rings. The van der Waals surface area contributed by atoms with Gasteiger partial charge in [-0.25, -0.2) is 0 Å². The van der Waals surface area contributed by atoms with Gasteiger partial charge in [0.1, 0.15) is 0 Å². The van der Waals surface area contributed by atoms with Gasteiger partial charge in [-0.05, 0) is 0 Å². The first-order chi connectivity index (χ1) is 9.40. The Kier molecular flexibility index (Phi) is 4.08. The standard InChI is InChI=1S/C12H12N2O5Se/c13-6(11(16)17)3-5-1-2-8(15)9-10(5)20-4-7(14-9)12(18)19/h1-2,6,15H,3-4,13H2,(H,16,17)(H,18,19)/t6-/m0/s1. The van der Waals surface area contributed by atoms with Crippen molar-refractivity contribution in [2.75, 3.05) is 0 Å². The summed E-state index contributed by atoms with van der Waals surface area (Å²) in [5.41, 5.74) is 6.44. The number of fused-ring (bicyclic) bond motifs is 1. The molecule has 8 heteroatoms. The summed E-state index contributed by atoms with van der Waals surface area (Å²) in [5, 5.41) is 27.9. The number of phenolic OH excluding ortho intramolecular Hbond substituents is 1. The molecule has 0 spiro atoms. The molecule has 1 aliphatic rings. The number of hydrogen-bond acceptors (Lipinski definition) is 5. The third-order valence-electron chi connectivity index (χ3n) is 2.80. The average Bonchev–Trinajstić information content (AvgIpc) is 2.41. The second-order valence-electron chi connectivity index (χ2n) is 4.22. The van der Waals surface area contributed by atoms with Crippen LogP contribution in [0.1, 0.15) is 5.56 Å². The van der Waals surface area contributed by atoms with Crippen LogP contribution < -0.4 is 10.2 Å². The van der Waals surface area contributed by atoms with Gasteiger partial charge in [0.2, 0.25) is 0 Å². The van der Waals surface area contributed by atoms with Crippen LogP contribution in [-0.4, -0.2) is 54.0 Å². The molecule has 106 valence electrons. The molecule has 0 aromatic heterocycles. The molecule has 0 saturated heterocycles. The van der Waals surface area contributed by atoms with E-state index in [9.17, 15) is 14.7 Å². The summed E-state index contributed by atoms with van der Waals surface area (Å²) in [4.78, 5) is 25.7. The fourth-order valence-electron chi connectivity index (χ4n) is 1.77. The number of carbonyl (C=O) groups is 2. The van der Waals surface area contributed by atoms with Crippen molar-refractivity contribution in [1.82, 2.24) is 0 Å². The number of carboxylic acid groups (broad SMARTS) is 2. The number of hydrogen-bond donors (Lipinski definition) is 4. The molecule has 1 heterocycles. The van der Waals surface area contributed by atoms with Crippen LogP contribution in [0.15, 0.2) is 17.1 Å². The second kappa shape index (κ2) is 5.62. The van der Waals surface area contributed by atoms with Crippen LogP contribution >= 0.6 is 0 Å². The summed E-state index contributed by atoms with van der Waals surface area (Å²) in [7, 11) is 0. The fraction of sp³-hybridized carbons (Fsp3) is 0.250. The molecule has 1 aliphatic heterocycles. The van der Waals surface area contributed by atoms with E-state index in [1.165, 1.54) is 6.07 Å². The Bertz CT molecular complexity index is 614. The Morgan fingerprint density at radius 2 is 2.10 bits per heavy atom. The SMILES string of the molecule is N[C@@H](Cc1ccc(O)c2c1[Se]CC(C(=O)O)=N2)C(=O)O. The quantitative estimate of drug-likeness (QED) is 0.533. The molecule has 0 amide bonds. The molecule has 0 fully saturated rings. The van der Waals surface area contributed by atoms with Gasteiger partial charge in [0.15, 0.2) is 0 Å². The normalized spacial score (nSPS) is 15.2. The van der Waals surface area contributed by atoms with Crippen molar-refractivity contribution in [3.8, 4) is 5.75 Å². The van der Waals surface area contributed by atoms with Gasteiger partial charge >= 0.3 is 120 Å². The average molecular weight is 343 g/mol. The van der Waals surface area contributed by atoms with Gasteiger partial charge in [-0.3, -0.25) is 0 Å². The third-order valence-corrected chi connectivity index (χ3v) is 5.23. The summed E-state index contributed by atoms with van der Waals surface area (Å²) < 4.78 is 0.721. The molecule has 0 aliphatic carbocycles. The summed E-state index contributed by atoms with van der Waals surface area (Å²) in [6.45, 7) is 0. The van der Waals surface area contributed by atoms with Crippen LogP contribution in [-0.2, 0) is 16.0 Å². The Hall–Kier alpha value is -1.89. The summed E-state index contributed by atoms with van der Waals surface area (Å²) in [6.07, 6.45) is 0.123. The number of nitrogens with two attached hydrogens (primary N) is 1. The van der Waals surface area contributed by atoms with Crippen molar-refractivity contribution >= 4 is 42.8 Å².